The Hall–Kier alpha value is -2.99. The number of nitrogens with two attached hydrogens (primary N) is 1. The lowest BCUT2D eigenvalue weighted by molar-refractivity contribution is -0.0514. The minimum atomic E-state index is -3.90. The number of ether oxygens (including phenoxy) is 2. The number of amidine groups is 1. The average Bonchev–Trinajstić information content (AvgIpc) is 2.79. The molecule has 12 heteroatoms. The van der Waals surface area contributed by atoms with Crippen molar-refractivity contribution in [1.29, 1.82) is 0 Å². The Morgan fingerprint density at radius 2 is 2.03 bits per heavy atom. The summed E-state index contributed by atoms with van der Waals surface area (Å²) in [4.78, 5) is 12.3. The summed E-state index contributed by atoms with van der Waals surface area (Å²) in [7, 11) is -3.90. The molecule has 1 aromatic heterocycles. The summed E-state index contributed by atoms with van der Waals surface area (Å²) >= 11 is 0. The maximum absolute atomic E-state index is 14.9. The average molecular weight is 525 g/mol. The molecule has 2 atom stereocenters. The number of benzene rings is 1. The van der Waals surface area contributed by atoms with Crippen LogP contribution in [0.3, 0.4) is 0 Å². The number of nitrogens with zero attached hydrogens (tertiary/aromatic N) is 3. The van der Waals surface area contributed by atoms with Gasteiger partial charge in [-0.1, -0.05) is 6.07 Å². The van der Waals surface area contributed by atoms with Crippen molar-refractivity contribution in [1.82, 2.24) is 9.97 Å². The van der Waals surface area contributed by atoms with Gasteiger partial charge >= 0.3 is 0 Å². The molecule has 1 aromatic carbocycles. The highest BCUT2D eigenvalue weighted by molar-refractivity contribution is 7.93. The molecule has 36 heavy (non-hydrogen) atoms. The molecule has 8 nitrogen and oxygen atoms in total. The van der Waals surface area contributed by atoms with E-state index >= 15 is 0 Å². The molecule has 4 rings (SSSR count). The van der Waals surface area contributed by atoms with Gasteiger partial charge in [-0.15, -0.1) is 0 Å². The van der Waals surface area contributed by atoms with Crippen molar-refractivity contribution < 1.29 is 31.1 Å². The maximum Gasteiger partial charge on any atom is 0.232 e. The lowest BCUT2D eigenvalue weighted by atomic mass is 9.81. The molecular weight excluding hydrogens is 497 g/mol. The van der Waals surface area contributed by atoms with E-state index in [9.17, 15) is 21.6 Å². The number of aromatic nitrogens is 2. The number of aliphatic imine (C=N–C) groups is 1. The molecule has 0 unspecified atom stereocenters. The van der Waals surface area contributed by atoms with E-state index in [2.05, 4.69) is 15.0 Å². The van der Waals surface area contributed by atoms with E-state index in [1.807, 2.05) is 0 Å². The van der Waals surface area contributed by atoms with E-state index in [4.69, 9.17) is 15.2 Å². The van der Waals surface area contributed by atoms with Crippen LogP contribution in [0, 0.1) is 11.7 Å². The Balaban J connectivity index is 1.57. The molecule has 2 aliphatic rings. The SMILES string of the molecule is C[C@@]1(c2cc(/C=C(\F)c3cnc(OCC4COC4)cn3)ccc2F)CC[C@@](CF)(S(C)(=O)=O)C(N)=N1. The lowest BCUT2D eigenvalue weighted by Crippen LogP contribution is -2.56. The number of hydrogen-bond donors (Lipinski definition) is 1. The fraction of sp³-hybridized carbons (Fsp3) is 0.458. The minimum Gasteiger partial charge on any atom is -0.476 e. The van der Waals surface area contributed by atoms with Crippen LogP contribution in [0.4, 0.5) is 13.2 Å². The van der Waals surface area contributed by atoms with Gasteiger partial charge in [-0.2, -0.15) is 0 Å². The number of alkyl halides is 1. The van der Waals surface area contributed by atoms with E-state index in [0.717, 1.165) is 12.3 Å². The molecule has 2 aromatic rings. The Morgan fingerprint density at radius 3 is 2.58 bits per heavy atom. The molecular formula is C24H27F3N4O4S. The number of rotatable bonds is 8. The van der Waals surface area contributed by atoms with Crippen molar-refractivity contribution in [2.75, 3.05) is 32.8 Å². The van der Waals surface area contributed by atoms with Crippen LogP contribution >= 0.6 is 0 Å². The summed E-state index contributed by atoms with van der Waals surface area (Å²) in [6, 6.07) is 3.94. The first-order valence-corrected chi connectivity index (χ1v) is 13.2. The highest BCUT2D eigenvalue weighted by atomic mass is 32.2. The summed E-state index contributed by atoms with van der Waals surface area (Å²) in [5.74, 6) is -1.17. The van der Waals surface area contributed by atoms with E-state index in [1.165, 1.54) is 30.6 Å². The topological polar surface area (TPSA) is 117 Å². The molecule has 194 valence electrons. The minimum absolute atomic E-state index is 0.0250. The largest absolute Gasteiger partial charge is 0.476 e. The molecule has 0 aliphatic carbocycles. The molecule has 3 heterocycles. The van der Waals surface area contributed by atoms with Crippen molar-refractivity contribution in [2.24, 2.45) is 16.6 Å². The number of hydrogen-bond acceptors (Lipinski definition) is 8. The van der Waals surface area contributed by atoms with Gasteiger partial charge in [0.15, 0.2) is 20.4 Å². The molecule has 2 aliphatic heterocycles. The van der Waals surface area contributed by atoms with E-state index in [-0.39, 0.29) is 30.0 Å². The van der Waals surface area contributed by atoms with Crippen LogP contribution in [0.5, 0.6) is 5.88 Å². The van der Waals surface area contributed by atoms with Crippen LogP contribution in [0.25, 0.3) is 11.9 Å². The van der Waals surface area contributed by atoms with Crippen LogP contribution in [-0.2, 0) is 20.1 Å². The van der Waals surface area contributed by atoms with Crippen molar-refractivity contribution in [3.63, 3.8) is 0 Å². The van der Waals surface area contributed by atoms with Crippen molar-refractivity contribution in [2.45, 2.75) is 30.1 Å². The number of halogens is 3. The molecule has 0 bridgehead atoms. The summed E-state index contributed by atoms with van der Waals surface area (Å²) < 4.78 is 76.6. The summed E-state index contributed by atoms with van der Waals surface area (Å²) in [6.07, 6.45) is 4.48. The lowest BCUT2D eigenvalue weighted by Gasteiger charge is -2.39. The highest BCUT2D eigenvalue weighted by Gasteiger charge is 2.51. The van der Waals surface area contributed by atoms with Gasteiger partial charge in [0.1, 0.15) is 24.0 Å². The third-order valence-corrected chi connectivity index (χ3v) is 8.63. The predicted molar refractivity (Wildman–Crippen MR) is 129 cm³/mol. The standard InChI is InChI=1S/C24H27F3N4O4S/c1-23(5-6-24(14-25,22(28)31-23)36(2,32)33)17-7-15(3-4-18(17)26)8-19(27)20-9-30-21(10-29-20)35-13-16-11-34-12-16/h3-4,7-10,16H,5-6,11-14H2,1-2H3,(H2,28,31)/b19-8-/t23-,24-/m0/s1. The van der Waals surface area contributed by atoms with Gasteiger partial charge in [-0.25, -0.2) is 31.6 Å². The summed E-state index contributed by atoms with van der Waals surface area (Å²) in [5, 5.41) is 0. The van der Waals surface area contributed by atoms with Crippen LogP contribution in [-0.4, -0.2) is 61.7 Å². The van der Waals surface area contributed by atoms with Gasteiger partial charge in [-0.3, -0.25) is 4.99 Å². The van der Waals surface area contributed by atoms with Gasteiger partial charge in [-0.05, 0) is 43.5 Å². The fourth-order valence-corrected chi connectivity index (χ4v) is 5.26. The molecule has 1 fully saturated rings. The van der Waals surface area contributed by atoms with Gasteiger partial charge < -0.3 is 15.2 Å². The zero-order valence-corrected chi connectivity index (χ0v) is 20.7. The highest BCUT2D eigenvalue weighted by Crippen LogP contribution is 2.42. The van der Waals surface area contributed by atoms with Gasteiger partial charge in [0.25, 0.3) is 0 Å². The van der Waals surface area contributed by atoms with Crippen molar-refractivity contribution in [3.05, 3.63) is 53.2 Å². The molecule has 0 saturated carbocycles. The zero-order valence-electron chi connectivity index (χ0n) is 19.9. The maximum atomic E-state index is 14.9. The molecule has 0 radical (unpaired) electrons. The Kier molecular flexibility index (Phi) is 7.11. The van der Waals surface area contributed by atoms with E-state index in [0.29, 0.717) is 31.3 Å². The van der Waals surface area contributed by atoms with E-state index in [1.54, 1.807) is 6.92 Å². The van der Waals surface area contributed by atoms with E-state index < -0.39 is 44.3 Å². The van der Waals surface area contributed by atoms with Crippen molar-refractivity contribution >= 4 is 27.6 Å². The van der Waals surface area contributed by atoms with Crippen molar-refractivity contribution in [3.8, 4) is 5.88 Å². The summed E-state index contributed by atoms with van der Waals surface area (Å²) in [5.41, 5.74) is 5.04. The Morgan fingerprint density at radius 1 is 1.28 bits per heavy atom. The van der Waals surface area contributed by atoms with Crippen LogP contribution in [0.1, 0.15) is 36.6 Å². The predicted octanol–water partition coefficient (Wildman–Crippen LogP) is 3.23. The first-order chi connectivity index (χ1) is 17.0. The first kappa shape index (κ1) is 26.1. The van der Waals surface area contributed by atoms with Crippen LogP contribution < -0.4 is 10.5 Å². The first-order valence-electron chi connectivity index (χ1n) is 11.3. The van der Waals surface area contributed by atoms with Gasteiger partial charge in [0, 0.05) is 17.7 Å². The third kappa shape index (κ3) is 4.96. The molecule has 2 N–H and O–H groups in total. The third-order valence-electron chi connectivity index (χ3n) is 6.69. The summed E-state index contributed by atoms with van der Waals surface area (Å²) in [6.45, 7) is 2.05. The quantitative estimate of drug-likeness (QED) is 0.564. The second kappa shape index (κ2) is 9.81. The Bertz CT molecular complexity index is 1300. The second-order valence-corrected chi connectivity index (χ2v) is 11.7. The normalized spacial score (nSPS) is 25.2. The second-order valence-electron chi connectivity index (χ2n) is 9.36. The zero-order chi connectivity index (χ0) is 26.1. The van der Waals surface area contributed by atoms with Gasteiger partial charge in [0.05, 0.1) is 37.8 Å². The van der Waals surface area contributed by atoms with Gasteiger partial charge in [0.2, 0.25) is 5.88 Å². The number of sulfone groups is 1. The Labute approximate surface area is 207 Å². The molecule has 0 amide bonds. The van der Waals surface area contributed by atoms with Crippen LogP contribution in [0.15, 0.2) is 35.6 Å². The molecule has 1 saturated heterocycles. The molecule has 0 spiro atoms. The smallest absolute Gasteiger partial charge is 0.232 e. The monoisotopic (exact) mass is 524 g/mol. The fourth-order valence-electron chi connectivity index (χ4n) is 4.17. The van der Waals surface area contributed by atoms with Crippen LogP contribution in [0.2, 0.25) is 0 Å².